The van der Waals surface area contributed by atoms with Crippen molar-refractivity contribution in [3.05, 3.63) is 63.7 Å². The molecule has 0 spiro atoms. The Morgan fingerprint density at radius 3 is 2.50 bits per heavy atom. The standard InChI is InChI=1S/C19H17BrClN3O3S/c20-14-2-1-3-16(12-14)28(26,27)24-8-6-23(7-9-24)19(25)18-11-13-10-15(21)4-5-17(13)22-18/h1-5,10-12,22H,6-9H2. The first-order valence-corrected chi connectivity index (χ1v) is 11.3. The quantitative estimate of drug-likeness (QED) is 0.618. The number of fused-ring (bicyclic) bond motifs is 1. The number of carbonyl (C=O) groups is 1. The molecule has 1 aromatic heterocycles. The van der Waals surface area contributed by atoms with Gasteiger partial charge in [-0.3, -0.25) is 4.79 Å². The fourth-order valence-corrected chi connectivity index (χ4v) is 5.50. The van der Waals surface area contributed by atoms with E-state index in [1.165, 1.54) is 4.31 Å². The highest BCUT2D eigenvalue weighted by Crippen LogP contribution is 2.23. The largest absolute Gasteiger partial charge is 0.351 e. The third-order valence-corrected chi connectivity index (χ3v) is 7.40. The van der Waals surface area contributed by atoms with E-state index in [1.807, 2.05) is 6.07 Å². The number of nitrogens with zero attached hydrogens (tertiary/aromatic N) is 2. The highest BCUT2D eigenvalue weighted by Gasteiger charge is 2.31. The van der Waals surface area contributed by atoms with Gasteiger partial charge in [0.25, 0.3) is 5.91 Å². The van der Waals surface area contributed by atoms with Gasteiger partial charge in [0, 0.05) is 46.6 Å². The number of rotatable bonds is 3. The van der Waals surface area contributed by atoms with Crippen LogP contribution in [0.5, 0.6) is 0 Å². The maximum absolute atomic E-state index is 12.8. The molecule has 1 amide bonds. The van der Waals surface area contributed by atoms with Gasteiger partial charge < -0.3 is 9.88 Å². The third kappa shape index (κ3) is 3.69. The summed E-state index contributed by atoms with van der Waals surface area (Å²) in [7, 11) is -3.58. The minimum atomic E-state index is -3.58. The average molecular weight is 483 g/mol. The van der Waals surface area contributed by atoms with Gasteiger partial charge in [-0.2, -0.15) is 4.31 Å². The molecular weight excluding hydrogens is 466 g/mol. The molecule has 1 saturated heterocycles. The number of halogens is 2. The van der Waals surface area contributed by atoms with Gasteiger partial charge in [0.2, 0.25) is 10.0 Å². The zero-order valence-electron chi connectivity index (χ0n) is 14.7. The number of hydrogen-bond donors (Lipinski definition) is 1. The van der Waals surface area contributed by atoms with Gasteiger partial charge in [-0.15, -0.1) is 0 Å². The van der Waals surface area contributed by atoms with Crippen LogP contribution in [0, 0.1) is 0 Å². The number of aromatic nitrogens is 1. The molecule has 6 nitrogen and oxygen atoms in total. The second kappa shape index (κ2) is 7.51. The average Bonchev–Trinajstić information content (AvgIpc) is 3.10. The Hall–Kier alpha value is -1.87. The Kier molecular flexibility index (Phi) is 5.22. The van der Waals surface area contributed by atoms with E-state index in [2.05, 4.69) is 20.9 Å². The van der Waals surface area contributed by atoms with E-state index in [9.17, 15) is 13.2 Å². The zero-order chi connectivity index (χ0) is 19.9. The van der Waals surface area contributed by atoms with Gasteiger partial charge in [0.15, 0.2) is 0 Å². The van der Waals surface area contributed by atoms with Crippen LogP contribution in [0.1, 0.15) is 10.5 Å². The number of piperazine rings is 1. The number of aromatic amines is 1. The molecule has 0 unspecified atom stereocenters. The number of amides is 1. The van der Waals surface area contributed by atoms with Crippen LogP contribution in [0.3, 0.4) is 0 Å². The van der Waals surface area contributed by atoms with Gasteiger partial charge in [0.1, 0.15) is 5.69 Å². The van der Waals surface area contributed by atoms with E-state index in [0.717, 1.165) is 10.9 Å². The van der Waals surface area contributed by atoms with Crippen LogP contribution in [0.25, 0.3) is 10.9 Å². The van der Waals surface area contributed by atoms with E-state index in [1.54, 1.807) is 47.4 Å². The lowest BCUT2D eigenvalue weighted by molar-refractivity contribution is 0.0693. The number of nitrogens with one attached hydrogen (secondary N) is 1. The minimum absolute atomic E-state index is 0.146. The third-order valence-electron chi connectivity index (χ3n) is 4.77. The fourth-order valence-electron chi connectivity index (χ4n) is 3.30. The topological polar surface area (TPSA) is 73.5 Å². The molecule has 3 aromatic rings. The molecular formula is C19H17BrClN3O3S. The first-order chi connectivity index (χ1) is 13.3. The van der Waals surface area contributed by atoms with Crippen molar-refractivity contribution in [2.45, 2.75) is 4.90 Å². The molecule has 0 aliphatic carbocycles. The smallest absolute Gasteiger partial charge is 0.270 e. The first kappa shape index (κ1) is 19.4. The van der Waals surface area contributed by atoms with E-state index in [4.69, 9.17) is 11.6 Å². The Morgan fingerprint density at radius 2 is 1.79 bits per heavy atom. The van der Waals surface area contributed by atoms with Gasteiger partial charge in [-0.05, 0) is 42.5 Å². The van der Waals surface area contributed by atoms with E-state index >= 15 is 0 Å². The molecule has 0 radical (unpaired) electrons. The molecule has 28 heavy (non-hydrogen) atoms. The molecule has 2 heterocycles. The summed E-state index contributed by atoms with van der Waals surface area (Å²) in [5, 5.41) is 1.48. The monoisotopic (exact) mass is 481 g/mol. The summed E-state index contributed by atoms with van der Waals surface area (Å²) in [6.45, 7) is 1.18. The maximum Gasteiger partial charge on any atom is 0.270 e. The van der Waals surface area contributed by atoms with Crippen molar-refractivity contribution in [3.8, 4) is 0 Å². The molecule has 9 heteroatoms. The van der Waals surface area contributed by atoms with Crippen LogP contribution in [-0.4, -0.2) is 54.7 Å². The lowest BCUT2D eigenvalue weighted by Gasteiger charge is -2.33. The molecule has 0 bridgehead atoms. The van der Waals surface area contributed by atoms with E-state index < -0.39 is 10.0 Å². The Morgan fingerprint density at radius 1 is 1.04 bits per heavy atom. The Labute approximate surface area is 176 Å². The van der Waals surface area contributed by atoms with E-state index in [0.29, 0.717) is 28.3 Å². The van der Waals surface area contributed by atoms with Gasteiger partial charge in [0.05, 0.1) is 4.90 Å². The summed E-state index contributed by atoms with van der Waals surface area (Å²) in [5.41, 5.74) is 1.31. The molecule has 0 saturated carbocycles. The zero-order valence-corrected chi connectivity index (χ0v) is 17.9. The Bertz CT molecular complexity index is 1150. The summed E-state index contributed by atoms with van der Waals surface area (Å²) in [5.74, 6) is -0.146. The number of carbonyl (C=O) groups excluding carboxylic acids is 1. The highest BCUT2D eigenvalue weighted by molar-refractivity contribution is 9.10. The predicted molar refractivity (Wildman–Crippen MR) is 112 cm³/mol. The van der Waals surface area contributed by atoms with Crippen molar-refractivity contribution in [2.75, 3.05) is 26.2 Å². The number of H-pyrrole nitrogens is 1. The maximum atomic E-state index is 12.8. The molecule has 1 fully saturated rings. The summed E-state index contributed by atoms with van der Waals surface area (Å²) in [6, 6.07) is 13.8. The summed E-state index contributed by atoms with van der Waals surface area (Å²) in [6.07, 6.45) is 0. The second-order valence-electron chi connectivity index (χ2n) is 6.57. The SMILES string of the molecule is O=C(c1cc2cc(Cl)ccc2[nH]1)N1CCN(S(=O)(=O)c2cccc(Br)c2)CC1. The van der Waals surface area contributed by atoms with Crippen molar-refractivity contribution < 1.29 is 13.2 Å². The highest BCUT2D eigenvalue weighted by atomic mass is 79.9. The molecule has 1 aliphatic heterocycles. The number of sulfonamides is 1. The normalized spacial score (nSPS) is 15.9. The van der Waals surface area contributed by atoms with Crippen molar-refractivity contribution >= 4 is 54.4 Å². The van der Waals surface area contributed by atoms with Crippen LogP contribution in [-0.2, 0) is 10.0 Å². The van der Waals surface area contributed by atoms with Crippen LogP contribution >= 0.6 is 27.5 Å². The first-order valence-electron chi connectivity index (χ1n) is 8.68. The summed E-state index contributed by atoms with van der Waals surface area (Å²) in [4.78, 5) is 17.8. The molecule has 1 aliphatic rings. The molecule has 2 aromatic carbocycles. The fraction of sp³-hybridized carbons (Fsp3) is 0.211. The molecule has 146 valence electrons. The molecule has 1 N–H and O–H groups in total. The van der Waals surface area contributed by atoms with Crippen molar-refractivity contribution in [1.82, 2.24) is 14.2 Å². The lowest BCUT2D eigenvalue weighted by Crippen LogP contribution is -2.50. The molecule has 0 atom stereocenters. The minimum Gasteiger partial charge on any atom is -0.351 e. The Balaban J connectivity index is 1.48. The summed E-state index contributed by atoms with van der Waals surface area (Å²) >= 11 is 9.31. The lowest BCUT2D eigenvalue weighted by atomic mass is 10.2. The van der Waals surface area contributed by atoms with Gasteiger partial charge in [-0.1, -0.05) is 33.6 Å². The van der Waals surface area contributed by atoms with Gasteiger partial charge >= 0.3 is 0 Å². The second-order valence-corrected chi connectivity index (χ2v) is 9.86. The van der Waals surface area contributed by atoms with Crippen molar-refractivity contribution in [2.24, 2.45) is 0 Å². The predicted octanol–water partition coefficient (Wildman–Crippen LogP) is 3.73. The number of hydrogen-bond acceptors (Lipinski definition) is 3. The molecule has 4 rings (SSSR count). The summed E-state index contributed by atoms with van der Waals surface area (Å²) < 4.78 is 27.8. The van der Waals surface area contributed by atoms with Crippen LogP contribution < -0.4 is 0 Å². The van der Waals surface area contributed by atoms with Gasteiger partial charge in [-0.25, -0.2) is 8.42 Å². The van der Waals surface area contributed by atoms with Crippen LogP contribution in [0.2, 0.25) is 5.02 Å². The van der Waals surface area contributed by atoms with Crippen molar-refractivity contribution in [3.63, 3.8) is 0 Å². The van der Waals surface area contributed by atoms with Crippen LogP contribution in [0.4, 0.5) is 0 Å². The van der Waals surface area contributed by atoms with Crippen LogP contribution in [0.15, 0.2) is 57.9 Å². The van der Waals surface area contributed by atoms with Crippen molar-refractivity contribution in [1.29, 1.82) is 0 Å². The number of benzene rings is 2. The van der Waals surface area contributed by atoms with E-state index in [-0.39, 0.29) is 23.9 Å².